The van der Waals surface area contributed by atoms with E-state index in [4.69, 9.17) is 4.74 Å². The Morgan fingerprint density at radius 3 is 2.30 bits per heavy atom. The number of hydrogen-bond acceptors (Lipinski definition) is 5. The van der Waals surface area contributed by atoms with Crippen LogP contribution in [0.15, 0.2) is 12.1 Å². The molecule has 112 valence electrons. The third-order valence-corrected chi connectivity index (χ3v) is 3.28. The first-order valence-electron chi connectivity index (χ1n) is 7.30. The van der Waals surface area contributed by atoms with Gasteiger partial charge < -0.3 is 15.0 Å². The summed E-state index contributed by atoms with van der Waals surface area (Å²) in [6.45, 7) is 13.9. The van der Waals surface area contributed by atoms with Crippen LogP contribution in [0.2, 0.25) is 0 Å². The van der Waals surface area contributed by atoms with Crippen LogP contribution in [-0.4, -0.2) is 41.0 Å². The second-order valence-electron chi connectivity index (χ2n) is 6.64. The predicted molar refractivity (Wildman–Crippen MR) is 80.9 cm³/mol. The summed E-state index contributed by atoms with van der Waals surface area (Å²) in [5.74, 6) is 0.926. The molecule has 1 aromatic rings. The van der Waals surface area contributed by atoms with Gasteiger partial charge in [-0.25, -0.2) is 0 Å². The van der Waals surface area contributed by atoms with Gasteiger partial charge in [0.25, 0.3) is 0 Å². The molecule has 1 aromatic heterocycles. The maximum atomic E-state index is 6.09. The molecule has 0 spiro atoms. The number of nitrogens with zero attached hydrogens (tertiary/aromatic N) is 3. The number of morpholine rings is 1. The number of hydrogen-bond donors (Lipinski definition) is 1. The highest BCUT2D eigenvalue weighted by Crippen LogP contribution is 2.30. The topological polar surface area (TPSA) is 50.3 Å². The second kappa shape index (κ2) is 5.66. The first kappa shape index (κ1) is 15.2. The predicted octanol–water partition coefficient (Wildman–Crippen LogP) is 1.98. The molecule has 2 heterocycles. The molecule has 1 aliphatic heterocycles. The Hall–Kier alpha value is -1.20. The molecule has 0 bridgehead atoms. The lowest BCUT2D eigenvalue weighted by Crippen LogP contribution is -2.57. The van der Waals surface area contributed by atoms with E-state index < -0.39 is 0 Å². The summed E-state index contributed by atoms with van der Waals surface area (Å²) in [6, 6.07) is 4.09. The van der Waals surface area contributed by atoms with Crippen LogP contribution in [0, 0.1) is 0 Å². The molecular weight excluding hydrogens is 252 g/mol. The minimum absolute atomic E-state index is 0.175. The van der Waals surface area contributed by atoms with Gasteiger partial charge in [-0.3, -0.25) is 0 Å². The van der Waals surface area contributed by atoms with Crippen LogP contribution < -0.4 is 10.2 Å². The Morgan fingerprint density at radius 1 is 1.15 bits per heavy atom. The fourth-order valence-electron chi connectivity index (χ4n) is 2.82. The van der Waals surface area contributed by atoms with Crippen molar-refractivity contribution in [1.82, 2.24) is 15.5 Å². The summed E-state index contributed by atoms with van der Waals surface area (Å²) in [5.41, 5.74) is 0.625. The highest BCUT2D eigenvalue weighted by atomic mass is 16.5. The SMILES string of the molecule is CCNCc1ccc(N2CC(C)(C)OC(C)(C)C2)nn1. The van der Waals surface area contributed by atoms with Gasteiger partial charge in [0.1, 0.15) is 0 Å². The fourth-order valence-corrected chi connectivity index (χ4v) is 2.82. The maximum Gasteiger partial charge on any atom is 0.151 e. The third-order valence-electron chi connectivity index (χ3n) is 3.28. The van der Waals surface area contributed by atoms with Crippen molar-refractivity contribution >= 4 is 5.82 Å². The zero-order chi connectivity index (χ0) is 14.8. The summed E-state index contributed by atoms with van der Waals surface area (Å²) in [6.07, 6.45) is 0. The molecule has 1 saturated heterocycles. The lowest BCUT2D eigenvalue weighted by Gasteiger charge is -2.47. The van der Waals surface area contributed by atoms with Crippen molar-refractivity contribution in [3.63, 3.8) is 0 Å². The van der Waals surface area contributed by atoms with Gasteiger partial charge in [0.15, 0.2) is 5.82 Å². The van der Waals surface area contributed by atoms with Crippen LogP contribution in [0.5, 0.6) is 0 Å². The van der Waals surface area contributed by atoms with Crippen LogP contribution in [0.25, 0.3) is 0 Å². The Morgan fingerprint density at radius 2 is 1.80 bits per heavy atom. The standard InChI is InChI=1S/C15H26N4O/c1-6-16-9-12-7-8-13(18-17-12)19-10-14(2,3)20-15(4,5)11-19/h7-8,16H,6,9-11H2,1-5H3. The van der Waals surface area contributed by atoms with E-state index in [-0.39, 0.29) is 11.2 Å². The van der Waals surface area contributed by atoms with Gasteiger partial charge in [-0.1, -0.05) is 6.92 Å². The van der Waals surface area contributed by atoms with E-state index in [9.17, 15) is 0 Å². The monoisotopic (exact) mass is 278 g/mol. The zero-order valence-corrected chi connectivity index (χ0v) is 13.2. The molecule has 5 nitrogen and oxygen atoms in total. The summed E-state index contributed by atoms with van der Waals surface area (Å²) in [7, 11) is 0. The van der Waals surface area contributed by atoms with E-state index in [2.05, 4.69) is 61.1 Å². The lowest BCUT2D eigenvalue weighted by atomic mass is 9.99. The van der Waals surface area contributed by atoms with Crippen molar-refractivity contribution in [1.29, 1.82) is 0 Å². The van der Waals surface area contributed by atoms with Crippen LogP contribution in [0.3, 0.4) is 0 Å². The van der Waals surface area contributed by atoms with E-state index in [1.807, 2.05) is 6.07 Å². The Labute approximate surface area is 121 Å². The van der Waals surface area contributed by atoms with Crippen molar-refractivity contribution in [3.8, 4) is 0 Å². The molecule has 0 saturated carbocycles. The summed E-state index contributed by atoms with van der Waals surface area (Å²) in [5, 5.41) is 11.9. The van der Waals surface area contributed by atoms with Gasteiger partial charge in [-0.05, 0) is 46.4 Å². The van der Waals surface area contributed by atoms with Crippen LogP contribution in [0.1, 0.15) is 40.3 Å². The molecule has 20 heavy (non-hydrogen) atoms. The van der Waals surface area contributed by atoms with E-state index in [0.717, 1.165) is 37.7 Å². The molecule has 0 unspecified atom stereocenters. The van der Waals surface area contributed by atoms with Crippen LogP contribution in [-0.2, 0) is 11.3 Å². The Bertz CT molecular complexity index is 426. The molecule has 2 rings (SSSR count). The molecule has 0 amide bonds. The quantitative estimate of drug-likeness (QED) is 0.912. The van der Waals surface area contributed by atoms with Crippen molar-refractivity contribution in [2.45, 2.75) is 52.4 Å². The zero-order valence-electron chi connectivity index (χ0n) is 13.2. The number of ether oxygens (including phenoxy) is 1. The summed E-state index contributed by atoms with van der Waals surface area (Å²) in [4.78, 5) is 2.26. The molecule has 0 aliphatic carbocycles. The number of aromatic nitrogens is 2. The van der Waals surface area contributed by atoms with Crippen molar-refractivity contribution in [2.24, 2.45) is 0 Å². The Kier molecular flexibility index (Phi) is 4.30. The average Bonchev–Trinajstić information content (AvgIpc) is 2.33. The highest BCUT2D eigenvalue weighted by Gasteiger charge is 2.38. The second-order valence-corrected chi connectivity index (χ2v) is 6.64. The molecule has 1 N–H and O–H groups in total. The van der Waals surface area contributed by atoms with Gasteiger partial charge in [-0.15, -0.1) is 5.10 Å². The minimum Gasteiger partial charge on any atom is -0.366 e. The molecule has 0 radical (unpaired) electrons. The molecule has 0 aromatic carbocycles. The van der Waals surface area contributed by atoms with Crippen molar-refractivity contribution in [2.75, 3.05) is 24.5 Å². The highest BCUT2D eigenvalue weighted by molar-refractivity contribution is 5.39. The van der Waals surface area contributed by atoms with E-state index in [1.165, 1.54) is 0 Å². The average molecular weight is 278 g/mol. The summed E-state index contributed by atoms with van der Waals surface area (Å²) < 4.78 is 6.09. The van der Waals surface area contributed by atoms with Gasteiger partial charge in [0.2, 0.25) is 0 Å². The van der Waals surface area contributed by atoms with Crippen LogP contribution >= 0.6 is 0 Å². The fraction of sp³-hybridized carbons (Fsp3) is 0.733. The van der Waals surface area contributed by atoms with E-state index >= 15 is 0 Å². The van der Waals surface area contributed by atoms with Gasteiger partial charge in [0.05, 0.1) is 16.9 Å². The first-order valence-corrected chi connectivity index (χ1v) is 7.30. The number of rotatable bonds is 4. The maximum absolute atomic E-state index is 6.09. The third kappa shape index (κ3) is 3.90. The van der Waals surface area contributed by atoms with Crippen molar-refractivity contribution in [3.05, 3.63) is 17.8 Å². The summed E-state index contributed by atoms with van der Waals surface area (Å²) >= 11 is 0. The lowest BCUT2D eigenvalue weighted by molar-refractivity contribution is -0.133. The smallest absolute Gasteiger partial charge is 0.151 e. The van der Waals surface area contributed by atoms with E-state index in [0.29, 0.717) is 0 Å². The Balaban J connectivity index is 2.10. The normalized spacial score (nSPS) is 20.9. The molecule has 0 atom stereocenters. The van der Waals surface area contributed by atoms with Gasteiger partial charge in [0, 0.05) is 19.6 Å². The number of anilines is 1. The van der Waals surface area contributed by atoms with Crippen molar-refractivity contribution < 1.29 is 4.74 Å². The molecular formula is C15H26N4O. The van der Waals surface area contributed by atoms with Gasteiger partial charge >= 0.3 is 0 Å². The largest absolute Gasteiger partial charge is 0.366 e. The molecule has 5 heteroatoms. The first-order chi connectivity index (χ1) is 9.31. The van der Waals surface area contributed by atoms with Gasteiger partial charge in [-0.2, -0.15) is 5.10 Å². The van der Waals surface area contributed by atoms with E-state index in [1.54, 1.807) is 0 Å². The minimum atomic E-state index is -0.175. The number of nitrogens with one attached hydrogen (secondary N) is 1. The molecule has 1 aliphatic rings. The van der Waals surface area contributed by atoms with Crippen LogP contribution in [0.4, 0.5) is 5.82 Å². The molecule has 1 fully saturated rings.